The topological polar surface area (TPSA) is 73.3 Å². The van der Waals surface area contributed by atoms with Crippen LogP contribution in [0.2, 0.25) is 0 Å². The van der Waals surface area contributed by atoms with E-state index in [4.69, 9.17) is 0 Å². The number of hydrogen-bond donors (Lipinski definition) is 3. The van der Waals surface area contributed by atoms with Gasteiger partial charge in [-0.2, -0.15) is 0 Å². The van der Waals surface area contributed by atoms with Crippen molar-refractivity contribution in [3.8, 4) is 21.9 Å². The summed E-state index contributed by atoms with van der Waals surface area (Å²) in [4.78, 5) is 16.6. The molecule has 0 spiro atoms. The second-order valence-corrected chi connectivity index (χ2v) is 9.33. The molecule has 0 atom stereocenters. The minimum absolute atomic E-state index is 0.0917. The van der Waals surface area contributed by atoms with Crippen LogP contribution in [0.3, 0.4) is 0 Å². The van der Waals surface area contributed by atoms with Gasteiger partial charge in [-0.1, -0.05) is 25.8 Å². The molecule has 4 aromatic rings. The molecule has 5 rings (SSSR count). The smallest absolute Gasteiger partial charge is 0.266 e. The van der Waals surface area contributed by atoms with E-state index < -0.39 is 0 Å². The van der Waals surface area contributed by atoms with Gasteiger partial charge in [0.2, 0.25) is 0 Å². The molecule has 0 saturated heterocycles. The Balaban J connectivity index is 1.65. The van der Waals surface area contributed by atoms with Crippen LogP contribution in [0, 0.1) is 5.92 Å². The number of aromatic amines is 1. The molecule has 1 aliphatic carbocycles. The van der Waals surface area contributed by atoms with Crippen molar-refractivity contribution in [2.75, 3.05) is 0 Å². The van der Waals surface area contributed by atoms with Crippen molar-refractivity contribution in [1.29, 1.82) is 0 Å². The molecule has 29 heavy (non-hydrogen) atoms. The van der Waals surface area contributed by atoms with Crippen molar-refractivity contribution in [3.05, 3.63) is 58.4 Å². The van der Waals surface area contributed by atoms with Crippen LogP contribution in [0.1, 0.15) is 44.1 Å². The van der Waals surface area contributed by atoms with Crippen molar-refractivity contribution in [2.45, 2.75) is 38.5 Å². The second kappa shape index (κ2) is 6.92. The first-order chi connectivity index (χ1) is 14.0. The van der Waals surface area contributed by atoms with E-state index in [1.165, 1.54) is 54.7 Å². The lowest BCUT2D eigenvalue weighted by molar-refractivity contribution is 0.348. The van der Waals surface area contributed by atoms with Crippen LogP contribution in [0.4, 0.5) is 0 Å². The molecule has 1 saturated carbocycles. The Hall–Kier alpha value is -2.79. The largest absolute Gasteiger partial charge is 0.504 e. The third-order valence-electron chi connectivity index (χ3n) is 6.27. The normalized spacial score (nSPS) is 19.8. The first kappa shape index (κ1) is 18.3. The van der Waals surface area contributed by atoms with E-state index in [1.54, 1.807) is 6.07 Å². The molecular weight excluding hydrogens is 382 g/mol. The van der Waals surface area contributed by atoms with Gasteiger partial charge in [0.1, 0.15) is 4.70 Å². The van der Waals surface area contributed by atoms with E-state index in [0.717, 1.165) is 32.6 Å². The predicted octanol–water partition coefficient (Wildman–Crippen LogP) is 6.11. The predicted molar refractivity (Wildman–Crippen MR) is 119 cm³/mol. The number of rotatable bonds is 2. The van der Waals surface area contributed by atoms with Crippen molar-refractivity contribution in [2.24, 2.45) is 5.92 Å². The molecule has 0 radical (unpaired) electrons. The maximum Gasteiger partial charge on any atom is 0.266 e. The molecule has 1 fully saturated rings. The zero-order valence-electron chi connectivity index (χ0n) is 16.2. The summed E-state index contributed by atoms with van der Waals surface area (Å²) >= 11 is 1.41. The molecule has 2 aromatic carbocycles. The van der Waals surface area contributed by atoms with Gasteiger partial charge >= 0.3 is 0 Å². The molecule has 0 amide bonds. The molecule has 0 unspecified atom stereocenters. The number of phenols is 2. The fraction of sp³-hybridized carbons (Fsp3) is 0.292. The number of thiophene rings is 1. The van der Waals surface area contributed by atoms with Gasteiger partial charge in [0.15, 0.2) is 11.5 Å². The number of fused-ring (bicyclic) bond motifs is 3. The Kier molecular flexibility index (Phi) is 4.36. The number of benzene rings is 2. The first-order valence-corrected chi connectivity index (χ1v) is 10.9. The standard InChI is InChI=1S/C24H23NO3S/c1-13-2-4-14(5-3-13)15-6-8-19-17(10-15)18-12-22(29-23(18)24(28)25-19)16-7-9-20(26)21(27)11-16/h6-14,26-27H,2-5H2,1H3,(H,25,28). The molecule has 4 nitrogen and oxygen atoms in total. The van der Waals surface area contributed by atoms with Crippen LogP contribution in [0.15, 0.2) is 47.3 Å². The highest BCUT2D eigenvalue weighted by atomic mass is 32.1. The Morgan fingerprint density at radius 2 is 1.72 bits per heavy atom. The number of nitrogens with one attached hydrogen (secondary N) is 1. The molecule has 148 valence electrons. The SMILES string of the molecule is CC1CCC(c2ccc3[nH]c(=O)c4sc(-c5ccc(O)c(O)c5)cc4c3c2)CC1. The number of hydrogen-bond acceptors (Lipinski definition) is 4. The fourth-order valence-corrected chi connectivity index (χ4v) is 5.56. The zero-order chi connectivity index (χ0) is 20.1. The fourth-order valence-electron chi connectivity index (χ4n) is 4.50. The van der Waals surface area contributed by atoms with E-state index in [9.17, 15) is 15.0 Å². The van der Waals surface area contributed by atoms with Gasteiger partial charge in [-0.15, -0.1) is 11.3 Å². The van der Waals surface area contributed by atoms with Crippen molar-refractivity contribution >= 4 is 32.3 Å². The van der Waals surface area contributed by atoms with Gasteiger partial charge in [-0.3, -0.25) is 4.79 Å². The summed E-state index contributed by atoms with van der Waals surface area (Å²) in [6.07, 6.45) is 5.00. The lowest BCUT2D eigenvalue weighted by Crippen LogP contribution is -2.11. The second-order valence-electron chi connectivity index (χ2n) is 8.27. The van der Waals surface area contributed by atoms with Crippen molar-refractivity contribution in [3.63, 3.8) is 0 Å². The van der Waals surface area contributed by atoms with E-state index >= 15 is 0 Å². The maximum absolute atomic E-state index is 12.6. The first-order valence-electron chi connectivity index (χ1n) is 10.1. The maximum atomic E-state index is 12.6. The van der Waals surface area contributed by atoms with E-state index in [0.29, 0.717) is 10.6 Å². The number of aromatic hydroxyl groups is 2. The van der Waals surface area contributed by atoms with Crippen LogP contribution < -0.4 is 5.56 Å². The van der Waals surface area contributed by atoms with E-state index in [1.807, 2.05) is 12.1 Å². The highest BCUT2D eigenvalue weighted by Crippen LogP contribution is 2.40. The molecule has 2 heterocycles. The van der Waals surface area contributed by atoms with Crippen LogP contribution in [-0.2, 0) is 0 Å². The molecule has 1 aliphatic rings. The van der Waals surface area contributed by atoms with Crippen LogP contribution >= 0.6 is 11.3 Å². The number of phenolic OH excluding ortho intramolecular Hbond substituents is 2. The highest BCUT2D eigenvalue weighted by Gasteiger charge is 2.21. The summed E-state index contributed by atoms with van der Waals surface area (Å²) in [6, 6.07) is 13.2. The quantitative estimate of drug-likeness (QED) is 0.352. The van der Waals surface area contributed by atoms with Gasteiger partial charge in [0.25, 0.3) is 5.56 Å². The Morgan fingerprint density at radius 3 is 2.48 bits per heavy atom. The minimum Gasteiger partial charge on any atom is -0.504 e. The van der Waals surface area contributed by atoms with Crippen LogP contribution in [-0.4, -0.2) is 15.2 Å². The third kappa shape index (κ3) is 3.19. The molecule has 0 bridgehead atoms. The zero-order valence-corrected chi connectivity index (χ0v) is 17.1. The Labute approximate surface area is 172 Å². The van der Waals surface area contributed by atoms with Crippen LogP contribution in [0.25, 0.3) is 31.4 Å². The molecule has 5 heteroatoms. The lowest BCUT2D eigenvalue weighted by atomic mass is 9.79. The lowest BCUT2D eigenvalue weighted by Gasteiger charge is -2.26. The summed E-state index contributed by atoms with van der Waals surface area (Å²) in [5.41, 5.74) is 2.90. The summed E-state index contributed by atoms with van der Waals surface area (Å²) < 4.78 is 0.689. The number of pyridine rings is 1. The monoisotopic (exact) mass is 405 g/mol. The average molecular weight is 406 g/mol. The number of aromatic nitrogens is 1. The van der Waals surface area contributed by atoms with Crippen molar-refractivity contribution in [1.82, 2.24) is 4.98 Å². The number of H-pyrrole nitrogens is 1. The van der Waals surface area contributed by atoms with Gasteiger partial charge in [0.05, 0.1) is 0 Å². The molecule has 3 N–H and O–H groups in total. The molecule has 2 aromatic heterocycles. The summed E-state index contributed by atoms with van der Waals surface area (Å²) in [5.74, 6) is 1.10. The third-order valence-corrected chi connectivity index (χ3v) is 7.45. The van der Waals surface area contributed by atoms with E-state index in [2.05, 4.69) is 24.0 Å². The average Bonchev–Trinajstić information content (AvgIpc) is 3.17. The Bertz CT molecular complexity index is 1280. The molecule has 0 aliphatic heterocycles. The summed E-state index contributed by atoms with van der Waals surface area (Å²) in [5, 5.41) is 21.5. The minimum atomic E-state index is -0.160. The van der Waals surface area contributed by atoms with Gasteiger partial charge in [-0.05, 0) is 72.2 Å². The van der Waals surface area contributed by atoms with Crippen molar-refractivity contribution < 1.29 is 10.2 Å². The highest BCUT2D eigenvalue weighted by molar-refractivity contribution is 7.22. The Morgan fingerprint density at radius 1 is 0.931 bits per heavy atom. The summed E-state index contributed by atoms with van der Waals surface area (Å²) in [7, 11) is 0. The van der Waals surface area contributed by atoms with Crippen LogP contribution in [0.5, 0.6) is 11.5 Å². The molecular formula is C24H23NO3S. The van der Waals surface area contributed by atoms with E-state index in [-0.39, 0.29) is 17.1 Å². The van der Waals surface area contributed by atoms with Gasteiger partial charge in [-0.25, -0.2) is 0 Å². The van der Waals surface area contributed by atoms with Gasteiger partial charge in [0, 0.05) is 21.2 Å². The summed E-state index contributed by atoms with van der Waals surface area (Å²) in [6.45, 7) is 2.33. The van der Waals surface area contributed by atoms with Gasteiger partial charge < -0.3 is 15.2 Å².